The lowest BCUT2D eigenvalue weighted by Crippen LogP contribution is -2.13. The number of pyridine rings is 1. The Bertz CT molecular complexity index is 1210. The predicted octanol–water partition coefficient (Wildman–Crippen LogP) is 4.78. The number of aromatic nitrogens is 2. The van der Waals surface area contributed by atoms with Crippen molar-refractivity contribution in [3.8, 4) is 10.6 Å². The summed E-state index contributed by atoms with van der Waals surface area (Å²) in [5.41, 5.74) is 4.08. The molecule has 5 nitrogen and oxygen atoms in total. The largest absolute Gasteiger partial charge is 0.279 e. The third-order valence-corrected chi connectivity index (χ3v) is 6.58. The lowest BCUT2D eigenvalue weighted by atomic mass is 10.1. The van der Waals surface area contributed by atoms with Gasteiger partial charge in [0.2, 0.25) is 0 Å². The molecule has 0 aliphatic rings. The molecule has 0 atom stereocenters. The third kappa shape index (κ3) is 3.56. The molecule has 0 radical (unpaired) electrons. The molecule has 0 saturated heterocycles. The van der Waals surface area contributed by atoms with Crippen LogP contribution in [0.5, 0.6) is 0 Å². The van der Waals surface area contributed by atoms with Gasteiger partial charge < -0.3 is 0 Å². The number of nitrogens with zero attached hydrogens (tertiary/aromatic N) is 2. The molecular weight excluding hydrogens is 378 g/mol. The Morgan fingerprint density at radius 1 is 1.00 bits per heavy atom. The highest BCUT2D eigenvalue weighted by atomic mass is 32.2. The van der Waals surface area contributed by atoms with Crippen LogP contribution >= 0.6 is 11.3 Å². The summed E-state index contributed by atoms with van der Waals surface area (Å²) in [6.07, 6.45) is 1.75. The molecule has 136 valence electrons. The third-order valence-electron chi connectivity index (χ3n) is 4.18. The summed E-state index contributed by atoms with van der Waals surface area (Å²) < 4.78 is 28.0. The minimum Gasteiger partial charge on any atom is -0.279 e. The quantitative estimate of drug-likeness (QED) is 0.540. The van der Waals surface area contributed by atoms with E-state index in [9.17, 15) is 8.42 Å². The molecule has 0 fully saturated rings. The van der Waals surface area contributed by atoms with Gasteiger partial charge in [-0.05, 0) is 67.4 Å². The van der Waals surface area contributed by atoms with Crippen molar-refractivity contribution in [2.45, 2.75) is 18.7 Å². The van der Waals surface area contributed by atoms with Gasteiger partial charge in [0.25, 0.3) is 10.0 Å². The maximum absolute atomic E-state index is 12.6. The smallest absolute Gasteiger partial charge is 0.261 e. The number of anilines is 1. The minimum atomic E-state index is -3.63. The summed E-state index contributed by atoms with van der Waals surface area (Å²) >= 11 is 1.52. The fourth-order valence-corrected chi connectivity index (χ4v) is 4.93. The van der Waals surface area contributed by atoms with E-state index in [4.69, 9.17) is 0 Å². The van der Waals surface area contributed by atoms with E-state index >= 15 is 0 Å². The van der Waals surface area contributed by atoms with Crippen LogP contribution in [0, 0.1) is 13.8 Å². The lowest BCUT2D eigenvalue weighted by molar-refractivity contribution is 0.601. The molecule has 1 N–H and O–H groups in total. The van der Waals surface area contributed by atoms with E-state index in [2.05, 4.69) is 14.7 Å². The van der Waals surface area contributed by atoms with Crippen LogP contribution in [0.1, 0.15) is 11.1 Å². The van der Waals surface area contributed by atoms with Gasteiger partial charge >= 0.3 is 0 Å². The van der Waals surface area contributed by atoms with Crippen LogP contribution in [0.3, 0.4) is 0 Å². The van der Waals surface area contributed by atoms with E-state index in [0.717, 1.165) is 32.0 Å². The predicted molar refractivity (Wildman–Crippen MR) is 110 cm³/mol. The number of sulfonamides is 1. The van der Waals surface area contributed by atoms with Crippen LogP contribution < -0.4 is 4.72 Å². The van der Waals surface area contributed by atoms with E-state index in [0.29, 0.717) is 5.69 Å². The van der Waals surface area contributed by atoms with Crippen molar-refractivity contribution in [1.82, 2.24) is 9.97 Å². The molecule has 0 spiro atoms. The van der Waals surface area contributed by atoms with Crippen LogP contribution in [0.25, 0.3) is 20.9 Å². The lowest BCUT2D eigenvalue weighted by Gasteiger charge is -2.12. The summed E-state index contributed by atoms with van der Waals surface area (Å²) in [5.74, 6) is 0. The van der Waals surface area contributed by atoms with Crippen molar-refractivity contribution in [1.29, 1.82) is 0 Å². The Labute approximate surface area is 161 Å². The summed E-state index contributed by atoms with van der Waals surface area (Å²) in [5, 5.41) is 0.861. The standard InChI is InChI=1S/C20H17N3O2S2/c1-13-5-3-6-16(11-13)27(24,25)23-17-9-8-15(12-14(17)2)19-22-18-7-4-10-21-20(18)26-19/h3-12,23H,1-2H3. The molecule has 27 heavy (non-hydrogen) atoms. The second-order valence-corrected chi connectivity index (χ2v) is 8.96. The van der Waals surface area contributed by atoms with Crippen molar-refractivity contribution < 1.29 is 8.42 Å². The Hall–Kier alpha value is -2.77. The molecule has 0 saturated carbocycles. The summed E-state index contributed by atoms with van der Waals surface area (Å²) in [6.45, 7) is 3.75. The molecule has 0 bridgehead atoms. The first-order chi connectivity index (χ1) is 12.9. The average molecular weight is 396 g/mol. The number of rotatable bonds is 4. The number of nitrogens with one attached hydrogen (secondary N) is 1. The topological polar surface area (TPSA) is 72.0 Å². The molecule has 7 heteroatoms. The zero-order valence-electron chi connectivity index (χ0n) is 14.8. The molecule has 2 aromatic heterocycles. The molecule has 2 heterocycles. The Kier molecular flexibility index (Phi) is 4.41. The van der Waals surface area contributed by atoms with E-state index in [1.54, 1.807) is 30.5 Å². The van der Waals surface area contributed by atoms with E-state index in [1.165, 1.54) is 11.3 Å². The minimum absolute atomic E-state index is 0.253. The molecule has 0 amide bonds. The van der Waals surface area contributed by atoms with Gasteiger partial charge in [-0.3, -0.25) is 4.72 Å². The monoisotopic (exact) mass is 395 g/mol. The second-order valence-electron chi connectivity index (χ2n) is 6.30. The maximum atomic E-state index is 12.6. The number of fused-ring (bicyclic) bond motifs is 1. The maximum Gasteiger partial charge on any atom is 0.261 e. The fraction of sp³-hybridized carbons (Fsp3) is 0.100. The van der Waals surface area contributed by atoms with Gasteiger partial charge in [0.1, 0.15) is 15.4 Å². The molecule has 0 aliphatic heterocycles. The Morgan fingerprint density at radius 2 is 1.85 bits per heavy atom. The first kappa shape index (κ1) is 17.6. The van der Waals surface area contributed by atoms with Crippen molar-refractivity contribution in [3.05, 3.63) is 71.9 Å². The average Bonchev–Trinajstić information content (AvgIpc) is 3.07. The zero-order valence-corrected chi connectivity index (χ0v) is 16.4. The summed E-state index contributed by atoms with van der Waals surface area (Å²) in [7, 11) is -3.63. The first-order valence-electron chi connectivity index (χ1n) is 8.34. The normalized spacial score (nSPS) is 11.6. The Morgan fingerprint density at radius 3 is 2.59 bits per heavy atom. The molecule has 0 unspecified atom stereocenters. The highest BCUT2D eigenvalue weighted by Gasteiger charge is 2.16. The summed E-state index contributed by atoms with van der Waals surface area (Å²) in [6, 6.07) is 16.2. The first-order valence-corrected chi connectivity index (χ1v) is 10.6. The van der Waals surface area contributed by atoms with Gasteiger partial charge in [-0.15, -0.1) is 0 Å². The van der Waals surface area contributed by atoms with Gasteiger partial charge in [-0.2, -0.15) is 0 Å². The highest BCUT2D eigenvalue weighted by Crippen LogP contribution is 2.31. The van der Waals surface area contributed by atoms with E-state index in [-0.39, 0.29) is 4.90 Å². The molecule has 2 aromatic carbocycles. The SMILES string of the molecule is Cc1cccc(S(=O)(=O)Nc2ccc(-c3nc4cccnc4s3)cc2C)c1. The number of hydrogen-bond donors (Lipinski definition) is 1. The van der Waals surface area contributed by atoms with Crippen LogP contribution in [0.4, 0.5) is 5.69 Å². The van der Waals surface area contributed by atoms with Gasteiger partial charge in [0, 0.05) is 11.8 Å². The molecule has 0 aliphatic carbocycles. The van der Waals surface area contributed by atoms with Gasteiger partial charge in [0.15, 0.2) is 0 Å². The number of aryl methyl sites for hydroxylation is 2. The zero-order chi connectivity index (χ0) is 19.0. The molecule has 4 aromatic rings. The van der Waals surface area contributed by atoms with Gasteiger partial charge in [-0.1, -0.05) is 23.5 Å². The highest BCUT2D eigenvalue weighted by molar-refractivity contribution is 7.92. The summed E-state index contributed by atoms with van der Waals surface area (Å²) in [4.78, 5) is 10.1. The number of benzene rings is 2. The molecular formula is C20H17N3O2S2. The second kappa shape index (κ2) is 6.75. The Balaban J connectivity index is 1.65. The van der Waals surface area contributed by atoms with Crippen molar-refractivity contribution >= 4 is 37.4 Å². The fourth-order valence-electron chi connectivity index (χ4n) is 2.79. The van der Waals surface area contributed by atoms with Crippen LogP contribution in [-0.2, 0) is 10.0 Å². The van der Waals surface area contributed by atoms with Crippen LogP contribution in [-0.4, -0.2) is 18.4 Å². The molecule has 4 rings (SSSR count). The van der Waals surface area contributed by atoms with E-state index < -0.39 is 10.0 Å². The number of hydrogen-bond acceptors (Lipinski definition) is 5. The van der Waals surface area contributed by atoms with Crippen molar-refractivity contribution in [2.24, 2.45) is 0 Å². The van der Waals surface area contributed by atoms with E-state index in [1.807, 2.05) is 44.2 Å². The van der Waals surface area contributed by atoms with Gasteiger partial charge in [0.05, 0.1) is 10.6 Å². The van der Waals surface area contributed by atoms with Gasteiger partial charge in [-0.25, -0.2) is 18.4 Å². The van der Waals surface area contributed by atoms with Crippen molar-refractivity contribution in [3.63, 3.8) is 0 Å². The van der Waals surface area contributed by atoms with Crippen molar-refractivity contribution in [2.75, 3.05) is 4.72 Å². The number of thiazole rings is 1. The van der Waals surface area contributed by atoms with Crippen LogP contribution in [0.2, 0.25) is 0 Å². The van der Waals surface area contributed by atoms with Crippen LogP contribution in [0.15, 0.2) is 65.7 Å².